The molecule has 0 radical (unpaired) electrons. The Morgan fingerprint density at radius 2 is 1.57 bits per heavy atom. The molecule has 0 aliphatic rings. The lowest BCUT2D eigenvalue weighted by Crippen LogP contribution is -2.37. The van der Waals surface area contributed by atoms with Crippen molar-refractivity contribution in [1.82, 2.24) is 0 Å². The van der Waals surface area contributed by atoms with Crippen LogP contribution in [0.1, 0.15) is 5.56 Å². The Labute approximate surface area is 122 Å². The van der Waals surface area contributed by atoms with Crippen LogP contribution in [-0.2, 0) is 6.54 Å². The average molecular weight is 279 g/mol. The van der Waals surface area contributed by atoms with E-state index in [1.54, 1.807) is 18.2 Å². The molecule has 104 valence electrons. The molecule has 0 saturated heterocycles. The third-order valence-electron chi connectivity index (χ3n) is 3.35. The van der Waals surface area contributed by atoms with Crippen LogP contribution in [0.15, 0.2) is 72.9 Å². The summed E-state index contributed by atoms with van der Waals surface area (Å²) in [6, 6.07) is 19.2. The summed E-state index contributed by atoms with van der Waals surface area (Å²) < 4.78 is 15.0. The molecule has 2 aromatic carbocycles. The quantitative estimate of drug-likeness (QED) is 0.677. The smallest absolute Gasteiger partial charge is 0.204 e. The zero-order valence-corrected chi connectivity index (χ0v) is 11.4. The largest absolute Gasteiger partial charge is 0.868 e. The van der Waals surface area contributed by atoms with Gasteiger partial charge in [-0.25, -0.2) is 4.39 Å². The third-order valence-corrected chi connectivity index (χ3v) is 3.35. The highest BCUT2D eigenvalue weighted by Gasteiger charge is 2.14. The first-order valence-corrected chi connectivity index (χ1v) is 6.73. The van der Waals surface area contributed by atoms with Crippen molar-refractivity contribution >= 4 is 0 Å². The number of pyridine rings is 1. The molecule has 0 N–H and O–H groups in total. The molecule has 0 saturated carbocycles. The van der Waals surface area contributed by atoms with Gasteiger partial charge in [0.05, 0.1) is 0 Å². The summed E-state index contributed by atoms with van der Waals surface area (Å²) in [6.07, 6.45) is 1.87. The first-order chi connectivity index (χ1) is 10.2. The van der Waals surface area contributed by atoms with Crippen LogP contribution in [0, 0.1) is 5.82 Å². The fraction of sp³-hybridized carbons (Fsp3) is 0.0556. The maximum Gasteiger partial charge on any atom is 0.204 e. The number of benzene rings is 2. The molecular weight excluding hydrogens is 265 g/mol. The van der Waals surface area contributed by atoms with Crippen LogP contribution in [0.2, 0.25) is 0 Å². The normalized spacial score (nSPS) is 10.5. The summed E-state index contributed by atoms with van der Waals surface area (Å²) in [5.41, 5.74) is 2.40. The van der Waals surface area contributed by atoms with E-state index >= 15 is 0 Å². The highest BCUT2D eigenvalue weighted by Crippen LogP contribution is 2.23. The van der Waals surface area contributed by atoms with Gasteiger partial charge < -0.3 is 5.11 Å². The van der Waals surface area contributed by atoms with Gasteiger partial charge in [0.15, 0.2) is 12.7 Å². The van der Waals surface area contributed by atoms with Gasteiger partial charge in [-0.2, -0.15) is 4.57 Å². The first kappa shape index (κ1) is 13.3. The minimum absolute atomic E-state index is 0.0694. The zero-order chi connectivity index (χ0) is 14.7. The van der Waals surface area contributed by atoms with Crippen molar-refractivity contribution in [1.29, 1.82) is 0 Å². The molecule has 1 heterocycles. The van der Waals surface area contributed by atoms with E-state index in [-0.39, 0.29) is 11.6 Å². The SMILES string of the molecule is [O-]c1ccc[n+](Cc2ccccc2)c1-c1ccc(F)cc1. The number of hydrogen-bond donors (Lipinski definition) is 0. The Bertz CT molecular complexity index is 739. The second-order valence-electron chi connectivity index (χ2n) is 4.84. The van der Waals surface area contributed by atoms with Gasteiger partial charge in [0.2, 0.25) is 5.69 Å². The summed E-state index contributed by atoms with van der Waals surface area (Å²) in [6.45, 7) is 0.601. The van der Waals surface area contributed by atoms with Crippen molar-refractivity contribution in [2.45, 2.75) is 6.54 Å². The minimum atomic E-state index is -0.309. The van der Waals surface area contributed by atoms with E-state index in [2.05, 4.69) is 0 Å². The molecule has 0 fully saturated rings. The van der Waals surface area contributed by atoms with Crippen molar-refractivity contribution in [2.75, 3.05) is 0 Å². The lowest BCUT2D eigenvalue weighted by Gasteiger charge is -2.12. The molecule has 1 aromatic heterocycles. The standard InChI is InChI=1S/C18H14FNO/c19-16-10-8-15(9-11-16)18-17(21)7-4-12-20(18)13-14-5-2-1-3-6-14/h1-12H,13H2. The van der Waals surface area contributed by atoms with E-state index in [9.17, 15) is 9.50 Å². The predicted molar refractivity (Wildman–Crippen MR) is 77.0 cm³/mol. The Kier molecular flexibility index (Phi) is 3.65. The fourth-order valence-corrected chi connectivity index (χ4v) is 2.36. The lowest BCUT2D eigenvalue weighted by atomic mass is 10.1. The van der Waals surface area contributed by atoms with Crippen molar-refractivity contribution in [3.63, 3.8) is 0 Å². The van der Waals surface area contributed by atoms with Crippen molar-refractivity contribution < 1.29 is 14.1 Å². The van der Waals surface area contributed by atoms with Gasteiger partial charge in [-0.1, -0.05) is 36.4 Å². The van der Waals surface area contributed by atoms with Crippen LogP contribution in [0.5, 0.6) is 5.75 Å². The summed E-state index contributed by atoms with van der Waals surface area (Å²) in [7, 11) is 0. The van der Waals surface area contributed by atoms with Gasteiger partial charge in [-0.3, -0.25) is 0 Å². The van der Waals surface area contributed by atoms with E-state index in [1.165, 1.54) is 18.2 Å². The summed E-state index contributed by atoms with van der Waals surface area (Å²) >= 11 is 0. The van der Waals surface area contributed by atoms with Crippen molar-refractivity contribution in [3.05, 3.63) is 84.3 Å². The third kappa shape index (κ3) is 2.92. The highest BCUT2D eigenvalue weighted by atomic mass is 19.1. The molecule has 0 aliphatic heterocycles. The highest BCUT2D eigenvalue weighted by molar-refractivity contribution is 5.62. The minimum Gasteiger partial charge on any atom is -0.868 e. The molecule has 0 spiro atoms. The van der Waals surface area contributed by atoms with Crippen LogP contribution in [0.3, 0.4) is 0 Å². The van der Waals surface area contributed by atoms with Gasteiger partial charge in [0.25, 0.3) is 0 Å². The first-order valence-electron chi connectivity index (χ1n) is 6.73. The Morgan fingerprint density at radius 3 is 2.29 bits per heavy atom. The van der Waals surface area contributed by atoms with E-state index in [4.69, 9.17) is 0 Å². The van der Waals surface area contributed by atoms with E-state index in [0.29, 0.717) is 12.2 Å². The molecule has 21 heavy (non-hydrogen) atoms. The number of nitrogens with zero attached hydrogens (tertiary/aromatic N) is 1. The number of rotatable bonds is 3. The molecule has 0 amide bonds. The second kappa shape index (κ2) is 5.75. The van der Waals surface area contributed by atoms with Gasteiger partial charge in [0.1, 0.15) is 5.82 Å². The number of hydrogen-bond acceptors (Lipinski definition) is 1. The average Bonchev–Trinajstić information content (AvgIpc) is 2.50. The summed E-state index contributed by atoms with van der Waals surface area (Å²) in [5.74, 6) is -0.378. The molecule has 0 atom stereocenters. The second-order valence-corrected chi connectivity index (χ2v) is 4.84. The number of halogens is 1. The Morgan fingerprint density at radius 1 is 0.857 bits per heavy atom. The van der Waals surface area contributed by atoms with Crippen LogP contribution in [-0.4, -0.2) is 0 Å². The topological polar surface area (TPSA) is 26.9 Å². The van der Waals surface area contributed by atoms with Crippen LogP contribution in [0.4, 0.5) is 4.39 Å². The fourth-order valence-electron chi connectivity index (χ4n) is 2.36. The lowest BCUT2D eigenvalue weighted by molar-refractivity contribution is -0.679. The Balaban J connectivity index is 2.05. The summed E-state index contributed by atoms with van der Waals surface area (Å²) in [5, 5.41) is 12.2. The van der Waals surface area contributed by atoms with Gasteiger partial charge in [-0.15, -0.1) is 0 Å². The predicted octanol–water partition coefficient (Wildman–Crippen LogP) is 2.90. The van der Waals surface area contributed by atoms with Crippen molar-refractivity contribution in [3.8, 4) is 17.0 Å². The Hall–Kier alpha value is -2.68. The van der Waals surface area contributed by atoms with E-state index < -0.39 is 0 Å². The molecule has 3 rings (SSSR count). The van der Waals surface area contributed by atoms with Gasteiger partial charge in [0, 0.05) is 17.2 Å². The molecule has 0 bridgehead atoms. The van der Waals surface area contributed by atoms with Gasteiger partial charge in [-0.05, 0) is 30.0 Å². The molecule has 3 heteroatoms. The van der Waals surface area contributed by atoms with Crippen molar-refractivity contribution in [2.24, 2.45) is 0 Å². The zero-order valence-electron chi connectivity index (χ0n) is 11.4. The molecular formula is C18H14FNO. The van der Waals surface area contributed by atoms with Crippen LogP contribution in [0.25, 0.3) is 11.3 Å². The van der Waals surface area contributed by atoms with E-state index in [1.807, 2.05) is 41.1 Å². The monoisotopic (exact) mass is 279 g/mol. The molecule has 0 unspecified atom stereocenters. The molecule has 2 nitrogen and oxygen atoms in total. The molecule has 0 aliphatic carbocycles. The maximum atomic E-state index is 13.1. The molecule has 3 aromatic rings. The number of aromatic nitrogens is 1. The van der Waals surface area contributed by atoms with E-state index in [0.717, 1.165) is 11.1 Å². The summed E-state index contributed by atoms with van der Waals surface area (Å²) in [4.78, 5) is 0. The van der Waals surface area contributed by atoms with Crippen LogP contribution < -0.4 is 9.67 Å². The maximum absolute atomic E-state index is 13.1. The van der Waals surface area contributed by atoms with Gasteiger partial charge >= 0.3 is 0 Å². The van der Waals surface area contributed by atoms with Crippen LogP contribution >= 0.6 is 0 Å².